The predicted molar refractivity (Wildman–Crippen MR) is 55.7 cm³/mol. The molecule has 0 aromatic heterocycles. The highest BCUT2D eigenvalue weighted by Gasteiger charge is 2.51. The fourth-order valence-electron chi connectivity index (χ4n) is 2.92. The van der Waals surface area contributed by atoms with Crippen molar-refractivity contribution in [2.45, 2.75) is 43.5 Å². The van der Waals surface area contributed by atoms with Crippen LogP contribution < -0.4 is 0 Å². The molecule has 3 rings (SSSR count). The summed E-state index contributed by atoms with van der Waals surface area (Å²) in [7, 11) is 0. The molecule has 1 saturated carbocycles. The van der Waals surface area contributed by atoms with Crippen LogP contribution in [0.3, 0.4) is 0 Å². The van der Waals surface area contributed by atoms with E-state index in [2.05, 4.69) is 6.58 Å². The molecule has 88 valence electrons. The van der Waals surface area contributed by atoms with Crippen LogP contribution in [0.5, 0.6) is 0 Å². The molecular weight excluding hydrogens is 208 g/mol. The first-order chi connectivity index (χ1) is 7.63. The molecule has 4 nitrogen and oxygen atoms in total. The maximum absolute atomic E-state index is 11.4. The zero-order chi connectivity index (χ0) is 11.2. The molecule has 1 aliphatic carbocycles. The van der Waals surface area contributed by atoms with Crippen LogP contribution in [0.25, 0.3) is 0 Å². The molecule has 0 atom stereocenters. The molecule has 2 spiro atoms. The summed E-state index contributed by atoms with van der Waals surface area (Å²) in [6.07, 6.45) is 3.93. The van der Waals surface area contributed by atoms with Crippen molar-refractivity contribution in [2.75, 3.05) is 13.2 Å². The van der Waals surface area contributed by atoms with Gasteiger partial charge in [-0.15, -0.1) is 0 Å². The average molecular weight is 224 g/mol. The average Bonchev–Trinajstić information content (AvgIpc) is 2.81. The molecule has 2 heterocycles. The third-order valence-corrected chi connectivity index (χ3v) is 3.87. The van der Waals surface area contributed by atoms with Gasteiger partial charge < -0.3 is 14.2 Å². The van der Waals surface area contributed by atoms with Gasteiger partial charge in [-0.1, -0.05) is 6.58 Å². The Morgan fingerprint density at radius 1 is 1.06 bits per heavy atom. The largest absolute Gasteiger partial charge is 0.455 e. The standard InChI is InChI=1S/C12H16O4/c1-9-8-11(16-10(9)13)2-4-12(5-3-11)14-6-7-15-12/h1-8H2. The summed E-state index contributed by atoms with van der Waals surface area (Å²) >= 11 is 0. The van der Waals surface area contributed by atoms with Gasteiger partial charge in [0.2, 0.25) is 0 Å². The highest BCUT2D eigenvalue weighted by atomic mass is 16.7. The van der Waals surface area contributed by atoms with E-state index in [1.807, 2.05) is 0 Å². The fraction of sp³-hybridized carbons (Fsp3) is 0.750. The number of hydrogen-bond donors (Lipinski definition) is 0. The van der Waals surface area contributed by atoms with Gasteiger partial charge in [0.15, 0.2) is 5.79 Å². The second kappa shape index (κ2) is 3.31. The third kappa shape index (κ3) is 1.48. The van der Waals surface area contributed by atoms with Gasteiger partial charge in [0.1, 0.15) is 5.60 Å². The summed E-state index contributed by atoms with van der Waals surface area (Å²) in [5.74, 6) is -0.620. The molecule has 0 N–H and O–H groups in total. The topological polar surface area (TPSA) is 44.8 Å². The summed E-state index contributed by atoms with van der Waals surface area (Å²) in [5, 5.41) is 0. The van der Waals surface area contributed by atoms with Gasteiger partial charge in [0.05, 0.1) is 13.2 Å². The molecule has 0 radical (unpaired) electrons. The molecule has 2 aliphatic heterocycles. The van der Waals surface area contributed by atoms with Crippen LogP contribution in [-0.4, -0.2) is 30.6 Å². The normalized spacial score (nSPS) is 31.2. The number of carbonyl (C=O) groups excluding carboxylic acids is 1. The van der Waals surface area contributed by atoms with E-state index in [0.29, 0.717) is 25.2 Å². The monoisotopic (exact) mass is 224 g/mol. The highest BCUT2D eigenvalue weighted by molar-refractivity contribution is 5.90. The molecule has 0 aromatic carbocycles. The minimum absolute atomic E-state index is 0.232. The fourth-order valence-corrected chi connectivity index (χ4v) is 2.92. The second-order valence-electron chi connectivity index (χ2n) is 4.96. The first kappa shape index (κ1) is 10.3. The van der Waals surface area contributed by atoms with E-state index in [4.69, 9.17) is 14.2 Å². The quantitative estimate of drug-likeness (QED) is 0.462. The van der Waals surface area contributed by atoms with Gasteiger partial charge in [0.25, 0.3) is 0 Å². The molecule has 2 saturated heterocycles. The zero-order valence-electron chi connectivity index (χ0n) is 9.29. The predicted octanol–water partition coefficient (Wildman–Crippen LogP) is 1.55. The van der Waals surface area contributed by atoms with Gasteiger partial charge in [-0.25, -0.2) is 4.79 Å². The van der Waals surface area contributed by atoms with Crippen LogP contribution >= 0.6 is 0 Å². The molecular formula is C12H16O4. The zero-order valence-corrected chi connectivity index (χ0v) is 9.29. The van der Waals surface area contributed by atoms with Gasteiger partial charge in [0, 0.05) is 24.8 Å². The Bertz CT molecular complexity index is 313. The summed E-state index contributed by atoms with van der Waals surface area (Å²) in [4.78, 5) is 11.4. The Morgan fingerprint density at radius 2 is 1.69 bits per heavy atom. The first-order valence-corrected chi connectivity index (χ1v) is 5.82. The van der Waals surface area contributed by atoms with Crippen LogP contribution in [0.4, 0.5) is 0 Å². The Labute approximate surface area is 94.5 Å². The van der Waals surface area contributed by atoms with Crippen molar-refractivity contribution in [1.29, 1.82) is 0 Å². The van der Waals surface area contributed by atoms with E-state index >= 15 is 0 Å². The van der Waals surface area contributed by atoms with Crippen molar-refractivity contribution < 1.29 is 19.0 Å². The molecule has 0 aromatic rings. The first-order valence-electron chi connectivity index (χ1n) is 5.82. The smallest absolute Gasteiger partial charge is 0.334 e. The van der Waals surface area contributed by atoms with E-state index in [0.717, 1.165) is 25.7 Å². The van der Waals surface area contributed by atoms with Crippen molar-refractivity contribution >= 4 is 5.97 Å². The lowest BCUT2D eigenvalue weighted by molar-refractivity contribution is -0.205. The second-order valence-corrected chi connectivity index (χ2v) is 4.96. The Kier molecular flexibility index (Phi) is 2.13. The van der Waals surface area contributed by atoms with Crippen LogP contribution in [0, 0.1) is 0 Å². The lowest BCUT2D eigenvalue weighted by Gasteiger charge is -2.40. The molecule has 0 bridgehead atoms. The number of hydrogen-bond acceptors (Lipinski definition) is 4. The lowest BCUT2D eigenvalue weighted by Crippen LogP contribution is -2.43. The van der Waals surface area contributed by atoms with Crippen LogP contribution in [0.1, 0.15) is 32.1 Å². The molecule has 3 fully saturated rings. The number of rotatable bonds is 0. The van der Waals surface area contributed by atoms with Gasteiger partial charge >= 0.3 is 5.97 Å². The van der Waals surface area contributed by atoms with Crippen LogP contribution in [0.2, 0.25) is 0 Å². The molecule has 4 heteroatoms. The summed E-state index contributed by atoms with van der Waals surface area (Å²) in [6.45, 7) is 5.10. The van der Waals surface area contributed by atoms with Crippen LogP contribution in [0.15, 0.2) is 12.2 Å². The van der Waals surface area contributed by atoms with E-state index in [1.54, 1.807) is 0 Å². The maximum Gasteiger partial charge on any atom is 0.334 e. The Hall–Kier alpha value is -0.870. The molecule has 0 amide bonds. The van der Waals surface area contributed by atoms with E-state index in [-0.39, 0.29) is 17.4 Å². The third-order valence-electron chi connectivity index (χ3n) is 3.87. The molecule has 3 aliphatic rings. The maximum atomic E-state index is 11.4. The van der Waals surface area contributed by atoms with Gasteiger partial charge in [-0.3, -0.25) is 0 Å². The summed E-state index contributed by atoms with van der Waals surface area (Å²) in [5.41, 5.74) is 0.290. The Morgan fingerprint density at radius 3 is 2.19 bits per heavy atom. The number of ether oxygens (including phenoxy) is 3. The van der Waals surface area contributed by atoms with Crippen molar-refractivity contribution in [1.82, 2.24) is 0 Å². The van der Waals surface area contributed by atoms with E-state index in [9.17, 15) is 4.79 Å². The van der Waals surface area contributed by atoms with Crippen LogP contribution in [-0.2, 0) is 19.0 Å². The molecule has 0 unspecified atom stereocenters. The molecule has 16 heavy (non-hydrogen) atoms. The summed E-state index contributed by atoms with van der Waals surface area (Å²) < 4.78 is 16.8. The number of esters is 1. The summed E-state index contributed by atoms with van der Waals surface area (Å²) in [6, 6.07) is 0. The minimum Gasteiger partial charge on any atom is -0.455 e. The lowest BCUT2D eigenvalue weighted by atomic mass is 9.79. The van der Waals surface area contributed by atoms with Crippen molar-refractivity contribution in [3.63, 3.8) is 0 Å². The van der Waals surface area contributed by atoms with Crippen molar-refractivity contribution in [3.8, 4) is 0 Å². The van der Waals surface area contributed by atoms with Gasteiger partial charge in [-0.05, 0) is 12.8 Å². The Balaban J connectivity index is 1.70. The number of carbonyl (C=O) groups is 1. The van der Waals surface area contributed by atoms with Gasteiger partial charge in [-0.2, -0.15) is 0 Å². The SMILES string of the molecule is C=C1CC2(CCC3(CC2)OCCO3)OC1=O. The van der Waals surface area contributed by atoms with Crippen molar-refractivity contribution in [2.24, 2.45) is 0 Å². The minimum atomic E-state index is -0.387. The van der Waals surface area contributed by atoms with Crippen molar-refractivity contribution in [3.05, 3.63) is 12.2 Å². The van der Waals surface area contributed by atoms with E-state index in [1.165, 1.54) is 0 Å². The van der Waals surface area contributed by atoms with E-state index < -0.39 is 0 Å². The highest BCUT2D eigenvalue weighted by Crippen LogP contribution is 2.47.